The summed E-state index contributed by atoms with van der Waals surface area (Å²) in [4.78, 5) is 29.3. The van der Waals surface area contributed by atoms with E-state index < -0.39 is 15.9 Å². The average Bonchev–Trinajstić information content (AvgIpc) is 3.18. The van der Waals surface area contributed by atoms with Gasteiger partial charge in [-0.1, -0.05) is 29.0 Å². The molecule has 4 rings (SSSR count). The van der Waals surface area contributed by atoms with Crippen molar-refractivity contribution in [1.82, 2.24) is 4.57 Å². The minimum absolute atomic E-state index is 0.0430. The van der Waals surface area contributed by atoms with Crippen molar-refractivity contribution in [2.45, 2.75) is 18.4 Å². The van der Waals surface area contributed by atoms with E-state index in [1.807, 2.05) is 16.7 Å². The molecule has 1 heterocycles. The molecule has 9 nitrogen and oxygen atoms in total. The third-order valence-corrected chi connectivity index (χ3v) is 7.90. The number of carbonyl (C=O) groups excluding carboxylic acids is 2. The number of sulfonamides is 1. The zero-order valence-corrected chi connectivity index (χ0v) is 22.3. The van der Waals surface area contributed by atoms with Gasteiger partial charge < -0.3 is 14.6 Å². The largest absolute Gasteiger partial charge is 0.383 e. The van der Waals surface area contributed by atoms with E-state index >= 15 is 0 Å². The molecule has 0 saturated heterocycles. The average molecular weight is 559 g/mol. The van der Waals surface area contributed by atoms with Crippen LogP contribution in [0, 0.1) is 0 Å². The van der Waals surface area contributed by atoms with Crippen LogP contribution in [0.15, 0.2) is 76.6 Å². The summed E-state index contributed by atoms with van der Waals surface area (Å²) in [7, 11) is -2.29. The number of fused-ring (bicyclic) bond motifs is 1. The molecule has 0 saturated carbocycles. The number of nitrogens with zero attached hydrogens (tertiary/aromatic N) is 2. The van der Waals surface area contributed by atoms with Gasteiger partial charge >= 0.3 is 0 Å². The second-order valence-corrected chi connectivity index (χ2v) is 11.1. The third kappa shape index (κ3) is 6.44. The highest BCUT2D eigenvalue weighted by molar-refractivity contribution is 7.92. The van der Waals surface area contributed by atoms with Crippen LogP contribution in [0.1, 0.15) is 17.3 Å². The highest BCUT2D eigenvalue weighted by Crippen LogP contribution is 2.23. The van der Waals surface area contributed by atoms with E-state index in [0.717, 1.165) is 10.2 Å². The summed E-state index contributed by atoms with van der Waals surface area (Å²) < 4.78 is 35.8. The first-order chi connectivity index (χ1) is 17.7. The summed E-state index contributed by atoms with van der Waals surface area (Å²) in [5.74, 6) is -0.720. The van der Waals surface area contributed by atoms with Gasteiger partial charge in [0.1, 0.15) is 0 Å². The van der Waals surface area contributed by atoms with Crippen molar-refractivity contribution in [2.24, 2.45) is 4.99 Å². The second-order valence-electron chi connectivity index (χ2n) is 7.95. The molecule has 3 aromatic carbocycles. The summed E-state index contributed by atoms with van der Waals surface area (Å²) in [6.07, 6.45) is 0. The van der Waals surface area contributed by atoms with Gasteiger partial charge in [-0.25, -0.2) is 8.42 Å². The number of ether oxygens (including phenoxy) is 1. The number of rotatable bonds is 8. The first-order valence-corrected chi connectivity index (χ1v) is 13.7. The maximum atomic E-state index is 13.1. The normalized spacial score (nSPS) is 12.0. The van der Waals surface area contributed by atoms with Crippen LogP contribution in [-0.4, -0.2) is 38.5 Å². The molecule has 0 aliphatic heterocycles. The Bertz CT molecular complexity index is 1640. The molecule has 0 radical (unpaired) electrons. The fourth-order valence-electron chi connectivity index (χ4n) is 3.53. The summed E-state index contributed by atoms with van der Waals surface area (Å²) in [6.45, 7) is 2.30. The van der Waals surface area contributed by atoms with Gasteiger partial charge in [-0.05, 0) is 60.7 Å². The molecule has 0 aliphatic carbocycles. The van der Waals surface area contributed by atoms with Gasteiger partial charge in [-0.2, -0.15) is 4.99 Å². The van der Waals surface area contributed by atoms with Crippen LogP contribution in [0.4, 0.5) is 11.4 Å². The summed E-state index contributed by atoms with van der Waals surface area (Å²) in [5.41, 5.74) is 1.91. The van der Waals surface area contributed by atoms with Crippen LogP contribution in [0.5, 0.6) is 0 Å². The molecule has 0 atom stereocenters. The van der Waals surface area contributed by atoms with Crippen LogP contribution >= 0.6 is 22.9 Å². The Hall–Kier alpha value is -3.51. The molecule has 1 aromatic heterocycles. The van der Waals surface area contributed by atoms with Gasteiger partial charge in [0.2, 0.25) is 5.91 Å². The van der Waals surface area contributed by atoms with Crippen molar-refractivity contribution in [1.29, 1.82) is 0 Å². The van der Waals surface area contributed by atoms with E-state index in [2.05, 4.69) is 15.0 Å². The number of halogens is 1. The minimum Gasteiger partial charge on any atom is -0.383 e. The number of hydrogen-bond donors (Lipinski definition) is 2. The van der Waals surface area contributed by atoms with E-state index in [4.69, 9.17) is 16.3 Å². The van der Waals surface area contributed by atoms with Crippen LogP contribution < -0.4 is 14.8 Å². The number of hydrogen-bond acceptors (Lipinski definition) is 6. The van der Waals surface area contributed by atoms with Crippen molar-refractivity contribution < 1.29 is 22.7 Å². The molecule has 0 aliphatic rings. The summed E-state index contributed by atoms with van der Waals surface area (Å²) in [6, 6.07) is 17.3. The molecule has 0 unspecified atom stereocenters. The van der Waals surface area contributed by atoms with Crippen LogP contribution in [0.3, 0.4) is 0 Å². The summed E-state index contributed by atoms with van der Waals surface area (Å²) in [5, 5.41) is 3.17. The van der Waals surface area contributed by atoms with Gasteiger partial charge in [0.05, 0.1) is 21.7 Å². The van der Waals surface area contributed by atoms with Crippen molar-refractivity contribution in [2.75, 3.05) is 23.8 Å². The van der Waals surface area contributed by atoms with Crippen molar-refractivity contribution in [3.8, 4) is 0 Å². The molecular formula is C25H23ClN4O5S2. The molecule has 2 amide bonds. The zero-order valence-electron chi connectivity index (χ0n) is 19.9. The lowest BCUT2D eigenvalue weighted by atomic mass is 10.2. The number of aromatic nitrogens is 1. The van der Waals surface area contributed by atoms with Crippen LogP contribution in [0.25, 0.3) is 10.2 Å². The number of nitrogens with one attached hydrogen (secondary N) is 2. The number of benzene rings is 3. The van der Waals surface area contributed by atoms with Crippen molar-refractivity contribution >= 4 is 66.4 Å². The Balaban J connectivity index is 1.67. The molecule has 0 spiro atoms. The minimum atomic E-state index is -3.88. The molecule has 0 bridgehead atoms. The van der Waals surface area contributed by atoms with E-state index in [0.29, 0.717) is 28.7 Å². The zero-order chi connectivity index (χ0) is 26.6. The third-order valence-electron chi connectivity index (χ3n) is 5.21. The van der Waals surface area contributed by atoms with Crippen LogP contribution in [0.2, 0.25) is 5.02 Å². The molecule has 12 heteroatoms. The predicted octanol–water partition coefficient (Wildman–Crippen LogP) is 4.50. The summed E-state index contributed by atoms with van der Waals surface area (Å²) >= 11 is 7.15. The first kappa shape index (κ1) is 26.6. The lowest BCUT2D eigenvalue weighted by Gasteiger charge is -2.09. The number of amides is 2. The van der Waals surface area contributed by atoms with Gasteiger partial charge in [0.25, 0.3) is 15.9 Å². The Morgan fingerprint density at radius 2 is 1.81 bits per heavy atom. The van der Waals surface area contributed by atoms with Gasteiger partial charge in [0, 0.05) is 42.5 Å². The highest BCUT2D eigenvalue weighted by Gasteiger charge is 2.16. The second kappa shape index (κ2) is 11.3. The maximum absolute atomic E-state index is 13.1. The number of anilines is 2. The molecule has 37 heavy (non-hydrogen) atoms. The van der Waals surface area contributed by atoms with Gasteiger partial charge in [-0.3, -0.25) is 14.3 Å². The Labute approximate surface area is 222 Å². The molecular weight excluding hydrogens is 536 g/mol. The SMILES string of the molecule is COCCn1c(=NC(=O)c2cccc(NS(=O)(=O)c3ccc(Cl)cc3)c2)sc2cc(NC(C)=O)ccc21. The number of thiazole rings is 1. The van der Waals surface area contributed by atoms with E-state index in [1.54, 1.807) is 31.4 Å². The molecule has 0 fully saturated rings. The number of carbonyl (C=O) groups is 2. The molecule has 192 valence electrons. The maximum Gasteiger partial charge on any atom is 0.279 e. The van der Waals surface area contributed by atoms with Crippen molar-refractivity contribution in [3.05, 3.63) is 82.1 Å². The smallest absolute Gasteiger partial charge is 0.279 e. The lowest BCUT2D eigenvalue weighted by molar-refractivity contribution is -0.114. The molecule has 4 aromatic rings. The Kier molecular flexibility index (Phi) is 8.08. The monoisotopic (exact) mass is 558 g/mol. The van der Waals surface area contributed by atoms with Gasteiger partial charge in [-0.15, -0.1) is 0 Å². The Morgan fingerprint density at radius 3 is 2.51 bits per heavy atom. The highest BCUT2D eigenvalue weighted by atomic mass is 35.5. The quantitative estimate of drug-likeness (QED) is 0.330. The first-order valence-electron chi connectivity index (χ1n) is 11.0. The predicted molar refractivity (Wildman–Crippen MR) is 145 cm³/mol. The Morgan fingerprint density at radius 1 is 1.05 bits per heavy atom. The number of methoxy groups -OCH3 is 1. The topological polar surface area (TPSA) is 119 Å². The standard InChI is InChI=1S/C25H23ClN4O5S2/c1-16(31)27-19-8-11-22-23(15-19)36-25(30(22)12-13-35-2)28-24(32)17-4-3-5-20(14-17)29-37(33,34)21-9-6-18(26)7-10-21/h3-11,14-15,29H,12-13H2,1-2H3,(H,27,31). The van der Waals surface area contributed by atoms with Crippen LogP contribution in [-0.2, 0) is 26.1 Å². The van der Waals surface area contributed by atoms with Crippen molar-refractivity contribution in [3.63, 3.8) is 0 Å². The lowest BCUT2D eigenvalue weighted by Crippen LogP contribution is -2.19. The van der Waals surface area contributed by atoms with E-state index in [1.165, 1.54) is 48.6 Å². The fourth-order valence-corrected chi connectivity index (χ4v) is 5.80. The molecule has 2 N–H and O–H groups in total. The van der Waals surface area contributed by atoms with E-state index in [-0.39, 0.29) is 22.1 Å². The van der Waals surface area contributed by atoms with E-state index in [9.17, 15) is 18.0 Å². The fraction of sp³-hybridized carbons (Fsp3) is 0.160. The van der Waals surface area contributed by atoms with Gasteiger partial charge in [0.15, 0.2) is 4.80 Å².